The summed E-state index contributed by atoms with van der Waals surface area (Å²) in [5.74, 6) is 0.179. The number of nitrogens with one attached hydrogen (secondary N) is 1. The molecule has 4 nitrogen and oxygen atoms in total. The van der Waals surface area contributed by atoms with Crippen molar-refractivity contribution in [2.75, 3.05) is 30.4 Å². The van der Waals surface area contributed by atoms with Gasteiger partial charge < -0.3 is 16.0 Å². The maximum Gasteiger partial charge on any atom is 0.193 e. The normalized spacial score (nSPS) is 10.8. The Morgan fingerprint density at radius 2 is 1.78 bits per heavy atom. The minimum Gasteiger partial charge on any atom is -0.372 e. The molecule has 0 aliphatic rings. The number of rotatable bonds is 6. The van der Waals surface area contributed by atoms with Crippen molar-refractivity contribution in [2.45, 2.75) is 6.42 Å². The minimum atomic E-state index is -0.209. The highest BCUT2D eigenvalue weighted by Gasteiger charge is 2.05. The van der Waals surface area contributed by atoms with Crippen LogP contribution in [0.1, 0.15) is 6.42 Å². The van der Waals surface area contributed by atoms with Crippen LogP contribution in [0.5, 0.6) is 0 Å². The van der Waals surface area contributed by atoms with Crippen LogP contribution in [-0.4, -0.2) is 26.1 Å². The SMILES string of the molecule is CN(CCCN=C(N)Nc1ccccc1)c1ccccc1F.I. The van der Waals surface area contributed by atoms with Crippen LogP contribution >= 0.6 is 24.0 Å². The molecule has 0 saturated carbocycles. The molecule has 0 saturated heterocycles. The average Bonchev–Trinajstić information content (AvgIpc) is 2.53. The van der Waals surface area contributed by atoms with Crippen LogP contribution in [0.3, 0.4) is 0 Å². The fourth-order valence-corrected chi connectivity index (χ4v) is 2.10. The van der Waals surface area contributed by atoms with E-state index in [2.05, 4.69) is 10.3 Å². The quantitative estimate of drug-likeness (QED) is 0.319. The third-order valence-corrected chi connectivity index (χ3v) is 3.24. The molecule has 2 aromatic carbocycles. The van der Waals surface area contributed by atoms with Crippen molar-refractivity contribution in [1.29, 1.82) is 0 Å². The van der Waals surface area contributed by atoms with Crippen LogP contribution in [0.25, 0.3) is 0 Å². The first-order chi connectivity index (χ1) is 10.7. The van der Waals surface area contributed by atoms with Crippen molar-refractivity contribution in [2.24, 2.45) is 10.7 Å². The second-order valence-electron chi connectivity index (χ2n) is 4.98. The lowest BCUT2D eigenvalue weighted by Crippen LogP contribution is -2.24. The Morgan fingerprint density at radius 1 is 1.13 bits per heavy atom. The van der Waals surface area contributed by atoms with Crippen molar-refractivity contribution >= 4 is 41.3 Å². The second-order valence-corrected chi connectivity index (χ2v) is 4.98. The third-order valence-electron chi connectivity index (χ3n) is 3.24. The van der Waals surface area contributed by atoms with E-state index in [0.29, 0.717) is 24.7 Å². The molecule has 2 rings (SSSR count). The molecule has 23 heavy (non-hydrogen) atoms. The van der Waals surface area contributed by atoms with E-state index in [9.17, 15) is 4.39 Å². The summed E-state index contributed by atoms with van der Waals surface area (Å²) in [4.78, 5) is 6.15. The number of aliphatic imine (C=N–C) groups is 1. The van der Waals surface area contributed by atoms with E-state index in [0.717, 1.165) is 12.1 Å². The highest BCUT2D eigenvalue weighted by molar-refractivity contribution is 14.0. The molecule has 0 spiro atoms. The zero-order chi connectivity index (χ0) is 15.8. The van der Waals surface area contributed by atoms with Gasteiger partial charge in [0.05, 0.1) is 5.69 Å². The van der Waals surface area contributed by atoms with Gasteiger partial charge in [-0.3, -0.25) is 4.99 Å². The summed E-state index contributed by atoms with van der Waals surface area (Å²) in [6, 6.07) is 16.4. The maximum absolute atomic E-state index is 13.6. The Kier molecular flexibility index (Phi) is 8.39. The molecular formula is C17H22FIN4. The van der Waals surface area contributed by atoms with Crippen molar-refractivity contribution in [3.8, 4) is 0 Å². The first-order valence-corrected chi connectivity index (χ1v) is 7.24. The molecule has 0 atom stereocenters. The number of anilines is 2. The van der Waals surface area contributed by atoms with Crippen LogP contribution in [0.2, 0.25) is 0 Å². The van der Waals surface area contributed by atoms with Crippen LogP contribution in [0.15, 0.2) is 59.6 Å². The monoisotopic (exact) mass is 428 g/mol. The number of guanidine groups is 1. The van der Waals surface area contributed by atoms with Gasteiger partial charge in [0.25, 0.3) is 0 Å². The highest BCUT2D eigenvalue weighted by Crippen LogP contribution is 2.16. The van der Waals surface area contributed by atoms with E-state index in [1.807, 2.05) is 48.3 Å². The Morgan fingerprint density at radius 3 is 2.48 bits per heavy atom. The predicted molar refractivity (Wildman–Crippen MR) is 106 cm³/mol. The van der Waals surface area contributed by atoms with Gasteiger partial charge in [-0.1, -0.05) is 30.3 Å². The van der Waals surface area contributed by atoms with E-state index < -0.39 is 0 Å². The van der Waals surface area contributed by atoms with Gasteiger partial charge in [-0.25, -0.2) is 4.39 Å². The first-order valence-electron chi connectivity index (χ1n) is 7.24. The van der Waals surface area contributed by atoms with Gasteiger partial charge in [0.15, 0.2) is 5.96 Å². The van der Waals surface area contributed by atoms with E-state index >= 15 is 0 Å². The smallest absolute Gasteiger partial charge is 0.193 e. The summed E-state index contributed by atoms with van der Waals surface area (Å²) in [5.41, 5.74) is 7.33. The van der Waals surface area contributed by atoms with Crippen molar-refractivity contribution in [3.05, 3.63) is 60.4 Å². The van der Waals surface area contributed by atoms with Crippen molar-refractivity contribution < 1.29 is 4.39 Å². The summed E-state index contributed by atoms with van der Waals surface area (Å²) >= 11 is 0. The lowest BCUT2D eigenvalue weighted by molar-refractivity contribution is 0.620. The van der Waals surface area contributed by atoms with Gasteiger partial charge in [0, 0.05) is 25.8 Å². The lowest BCUT2D eigenvalue weighted by atomic mass is 10.2. The molecule has 0 heterocycles. The van der Waals surface area contributed by atoms with E-state index in [4.69, 9.17) is 5.73 Å². The summed E-state index contributed by atoms with van der Waals surface area (Å²) < 4.78 is 13.6. The number of hydrogen-bond acceptors (Lipinski definition) is 2. The molecule has 0 bridgehead atoms. The Bertz CT molecular complexity index is 619. The molecule has 124 valence electrons. The fourth-order valence-electron chi connectivity index (χ4n) is 2.10. The van der Waals surface area contributed by atoms with Gasteiger partial charge in [-0.05, 0) is 30.7 Å². The lowest BCUT2D eigenvalue weighted by Gasteiger charge is -2.19. The Labute approximate surface area is 153 Å². The van der Waals surface area contributed by atoms with Gasteiger partial charge in [-0.15, -0.1) is 24.0 Å². The fraction of sp³-hybridized carbons (Fsp3) is 0.235. The molecule has 0 aromatic heterocycles. The number of nitrogens with zero attached hydrogens (tertiary/aromatic N) is 2. The number of nitrogens with two attached hydrogens (primary N) is 1. The molecule has 0 fully saturated rings. The molecule has 2 aromatic rings. The number of benzene rings is 2. The van der Waals surface area contributed by atoms with Crippen LogP contribution in [0, 0.1) is 5.82 Å². The van der Waals surface area contributed by atoms with Crippen LogP contribution in [-0.2, 0) is 0 Å². The van der Waals surface area contributed by atoms with Crippen LogP contribution < -0.4 is 16.0 Å². The summed E-state index contributed by atoms with van der Waals surface area (Å²) in [5, 5.41) is 3.02. The van der Waals surface area contributed by atoms with Crippen molar-refractivity contribution in [3.63, 3.8) is 0 Å². The van der Waals surface area contributed by atoms with Gasteiger partial charge in [-0.2, -0.15) is 0 Å². The Hall–Kier alpha value is -1.83. The zero-order valence-electron chi connectivity index (χ0n) is 13.1. The van der Waals surface area contributed by atoms with Crippen molar-refractivity contribution in [1.82, 2.24) is 0 Å². The predicted octanol–water partition coefficient (Wildman–Crippen LogP) is 3.70. The standard InChI is InChI=1S/C17H21FN4.HI/c1-22(16-11-6-5-10-15(16)18)13-7-12-20-17(19)21-14-8-3-2-4-9-14;/h2-6,8-11H,7,12-13H2,1H3,(H3,19,20,21);1H. The molecular weight excluding hydrogens is 406 g/mol. The molecule has 0 aliphatic carbocycles. The number of para-hydroxylation sites is 2. The molecule has 0 radical (unpaired) electrons. The molecule has 0 amide bonds. The minimum absolute atomic E-state index is 0. The highest BCUT2D eigenvalue weighted by atomic mass is 127. The van der Waals surface area contributed by atoms with Gasteiger partial charge in [0.1, 0.15) is 5.82 Å². The van der Waals surface area contributed by atoms with E-state index in [-0.39, 0.29) is 29.8 Å². The summed E-state index contributed by atoms with van der Waals surface area (Å²) in [6.07, 6.45) is 0.794. The van der Waals surface area contributed by atoms with E-state index in [1.54, 1.807) is 12.1 Å². The molecule has 0 unspecified atom stereocenters. The first kappa shape index (κ1) is 19.2. The summed E-state index contributed by atoms with van der Waals surface area (Å²) in [7, 11) is 1.87. The van der Waals surface area contributed by atoms with Crippen LogP contribution in [0.4, 0.5) is 15.8 Å². The van der Waals surface area contributed by atoms with Gasteiger partial charge in [0.2, 0.25) is 0 Å². The molecule has 0 aliphatic heterocycles. The Balaban J connectivity index is 0.00000264. The second kappa shape index (κ2) is 10.0. The summed E-state index contributed by atoms with van der Waals surface area (Å²) in [6.45, 7) is 1.30. The zero-order valence-corrected chi connectivity index (χ0v) is 15.4. The molecule has 3 N–H and O–H groups in total. The topological polar surface area (TPSA) is 53.6 Å². The maximum atomic E-state index is 13.6. The number of hydrogen-bond donors (Lipinski definition) is 2. The van der Waals surface area contributed by atoms with E-state index in [1.165, 1.54) is 6.07 Å². The largest absolute Gasteiger partial charge is 0.372 e. The third kappa shape index (κ3) is 6.43. The number of halogens is 2. The molecule has 6 heteroatoms. The van der Waals surface area contributed by atoms with Gasteiger partial charge >= 0.3 is 0 Å². The average molecular weight is 428 g/mol.